The van der Waals surface area contributed by atoms with Crippen molar-refractivity contribution in [1.29, 1.82) is 0 Å². The Balaban J connectivity index is 1.81. The number of anilines is 1. The molecular formula is C16H11N3O4. The van der Waals surface area contributed by atoms with E-state index in [0.29, 0.717) is 17.1 Å². The summed E-state index contributed by atoms with van der Waals surface area (Å²) >= 11 is 0. The molecular weight excluding hydrogens is 298 g/mol. The van der Waals surface area contributed by atoms with Gasteiger partial charge in [-0.05, 0) is 24.3 Å². The van der Waals surface area contributed by atoms with Gasteiger partial charge < -0.3 is 9.73 Å². The molecule has 2 aromatic heterocycles. The van der Waals surface area contributed by atoms with Gasteiger partial charge in [-0.1, -0.05) is 18.2 Å². The van der Waals surface area contributed by atoms with Crippen molar-refractivity contribution in [2.75, 3.05) is 5.32 Å². The summed E-state index contributed by atoms with van der Waals surface area (Å²) in [4.78, 5) is 26.4. The predicted octanol–water partition coefficient (Wildman–Crippen LogP) is 3.50. The van der Waals surface area contributed by atoms with Gasteiger partial charge in [0.15, 0.2) is 5.76 Å². The Morgan fingerprint density at radius 3 is 2.74 bits per heavy atom. The van der Waals surface area contributed by atoms with E-state index >= 15 is 0 Å². The Bertz CT molecular complexity index is 859. The highest BCUT2D eigenvalue weighted by molar-refractivity contribution is 6.02. The van der Waals surface area contributed by atoms with Crippen LogP contribution in [-0.2, 0) is 0 Å². The lowest BCUT2D eigenvalue weighted by molar-refractivity contribution is -0.384. The molecule has 0 bridgehead atoms. The normalized spacial score (nSPS) is 10.3. The number of carbonyl (C=O) groups excluding carboxylic acids is 1. The van der Waals surface area contributed by atoms with Crippen LogP contribution in [0.5, 0.6) is 0 Å². The number of hydrogen-bond donors (Lipinski definition) is 1. The molecule has 1 N–H and O–H groups in total. The van der Waals surface area contributed by atoms with Crippen molar-refractivity contribution < 1.29 is 14.1 Å². The summed E-state index contributed by atoms with van der Waals surface area (Å²) in [5.74, 6) is 0.434. The number of hydrogen-bond acceptors (Lipinski definition) is 5. The minimum atomic E-state index is -0.485. The monoisotopic (exact) mass is 309 g/mol. The van der Waals surface area contributed by atoms with E-state index in [1.54, 1.807) is 42.6 Å². The smallest absolute Gasteiger partial charge is 0.292 e. The van der Waals surface area contributed by atoms with Crippen molar-refractivity contribution in [1.82, 2.24) is 4.98 Å². The SMILES string of the molecule is O=C(Nc1ccccn1)c1ccc(-c2cccc([N+](=O)[O-])c2)o1. The summed E-state index contributed by atoms with van der Waals surface area (Å²) in [5, 5.41) is 13.4. The molecule has 0 fully saturated rings. The Kier molecular flexibility index (Phi) is 3.84. The summed E-state index contributed by atoms with van der Waals surface area (Å²) in [6.45, 7) is 0. The average Bonchev–Trinajstić information content (AvgIpc) is 3.06. The van der Waals surface area contributed by atoms with Crippen molar-refractivity contribution in [3.05, 3.63) is 76.7 Å². The van der Waals surface area contributed by atoms with Crippen LogP contribution >= 0.6 is 0 Å². The van der Waals surface area contributed by atoms with Crippen molar-refractivity contribution in [2.45, 2.75) is 0 Å². The molecule has 3 rings (SSSR count). The first-order chi connectivity index (χ1) is 11.1. The number of aromatic nitrogens is 1. The number of nitro benzene ring substituents is 1. The molecule has 0 radical (unpaired) electrons. The van der Waals surface area contributed by atoms with E-state index < -0.39 is 10.8 Å². The van der Waals surface area contributed by atoms with Gasteiger partial charge in [-0.2, -0.15) is 0 Å². The van der Waals surface area contributed by atoms with Crippen LogP contribution in [0.1, 0.15) is 10.6 Å². The fraction of sp³-hybridized carbons (Fsp3) is 0. The maximum absolute atomic E-state index is 12.1. The van der Waals surface area contributed by atoms with Crippen molar-refractivity contribution in [3.63, 3.8) is 0 Å². The van der Waals surface area contributed by atoms with Gasteiger partial charge in [0.2, 0.25) is 0 Å². The van der Waals surface area contributed by atoms with Crippen LogP contribution in [0.3, 0.4) is 0 Å². The maximum atomic E-state index is 12.1. The first kappa shape index (κ1) is 14.5. The molecule has 0 atom stereocenters. The van der Waals surface area contributed by atoms with E-state index in [1.807, 2.05) is 0 Å². The van der Waals surface area contributed by atoms with Gasteiger partial charge in [0, 0.05) is 23.9 Å². The van der Waals surface area contributed by atoms with Gasteiger partial charge in [-0.25, -0.2) is 4.98 Å². The third-order valence-electron chi connectivity index (χ3n) is 3.08. The van der Waals surface area contributed by atoms with Gasteiger partial charge >= 0.3 is 0 Å². The molecule has 1 amide bonds. The topological polar surface area (TPSA) is 98.3 Å². The third-order valence-corrected chi connectivity index (χ3v) is 3.08. The van der Waals surface area contributed by atoms with Gasteiger partial charge in [0.25, 0.3) is 11.6 Å². The number of nitrogens with zero attached hydrogens (tertiary/aromatic N) is 2. The molecule has 0 aliphatic carbocycles. The number of nitrogens with one attached hydrogen (secondary N) is 1. The van der Waals surface area contributed by atoms with Crippen LogP contribution in [0.15, 0.2) is 65.2 Å². The number of furan rings is 1. The number of amides is 1. The Morgan fingerprint density at radius 2 is 2.00 bits per heavy atom. The lowest BCUT2D eigenvalue weighted by atomic mass is 10.1. The number of carbonyl (C=O) groups is 1. The molecule has 0 saturated heterocycles. The van der Waals surface area contributed by atoms with Crippen LogP contribution in [0.4, 0.5) is 11.5 Å². The van der Waals surface area contributed by atoms with E-state index in [2.05, 4.69) is 10.3 Å². The molecule has 7 heteroatoms. The molecule has 0 spiro atoms. The van der Waals surface area contributed by atoms with Gasteiger partial charge in [0.1, 0.15) is 11.6 Å². The third kappa shape index (κ3) is 3.24. The second-order valence-corrected chi connectivity index (χ2v) is 4.64. The molecule has 0 unspecified atom stereocenters. The van der Waals surface area contributed by atoms with E-state index in [4.69, 9.17) is 4.42 Å². The number of pyridine rings is 1. The number of benzene rings is 1. The minimum Gasteiger partial charge on any atom is -0.451 e. The van der Waals surface area contributed by atoms with Crippen molar-refractivity contribution in [3.8, 4) is 11.3 Å². The van der Waals surface area contributed by atoms with Crippen LogP contribution in [0, 0.1) is 10.1 Å². The lowest BCUT2D eigenvalue weighted by Gasteiger charge is -2.01. The second-order valence-electron chi connectivity index (χ2n) is 4.64. The number of rotatable bonds is 4. The van der Waals surface area contributed by atoms with Gasteiger partial charge in [-0.15, -0.1) is 0 Å². The molecule has 114 valence electrons. The van der Waals surface area contributed by atoms with Gasteiger partial charge in [0.05, 0.1) is 4.92 Å². The summed E-state index contributed by atoms with van der Waals surface area (Å²) in [7, 11) is 0. The first-order valence-electron chi connectivity index (χ1n) is 6.70. The summed E-state index contributed by atoms with van der Waals surface area (Å²) in [6, 6.07) is 14.2. The van der Waals surface area contributed by atoms with E-state index in [1.165, 1.54) is 18.2 Å². The standard InChI is InChI=1S/C16H11N3O4/c20-16(18-15-6-1-2-9-17-15)14-8-7-13(23-14)11-4-3-5-12(10-11)19(21)22/h1-10H,(H,17,18,20). The maximum Gasteiger partial charge on any atom is 0.292 e. The zero-order chi connectivity index (χ0) is 16.2. The van der Waals surface area contributed by atoms with Gasteiger partial charge in [-0.3, -0.25) is 14.9 Å². The summed E-state index contributed by atoms with van der Waals surface area (Å²) in [6.07, 6.45) is 1.56. The molecule has 1 aromatic carbocycles. The van der Waals surface area contributed by atoms with E-state index in [-0.39, 0.29) is 11.4 Å². The minimum absolute atomic E-state index is 0.0432. The molecule has 3 aromatic rings. The predicted molar refractivity (Wildman–Crippen MR) is 83.0 cm³/mol. The van der Waals surface area contributed by atoms with Crippen LogP contribution in [0.25, 0.3) is 11.3 Å². The first-order valence-corrected chi connectivity index (χ1v) is 6.70. The van der Waals surface area contributed by atoms with Crippen molar-refractivity contribution in [2.24, 2.45) is 0 Å². The highest BCUT2D eigenvalue weighted by Crippen LogP contribution is 2.26. The van der Waals surface area contributed by atoms with Crippen LogP contribution in [0.2, 0.25) is 0 Å². The quantitative estimate of drug-likeness (QED) is 0.587. The summed E-state index contributed by atoms with van der Waals surface area (Å²) < 4.78 is 5.48. The zero-order valence-electron chi connectivity index (χ0n) is 11.8. The fourth-order valence-corrected chi connectivity index (χ4v) is 2.00. The molecule has 0 aliphatic rings. The molecule has 7 nitrogen and oxygen atoms in total. The number of non-ortho nitro benzene ring substituents is 1. The molecule has 23 heavy (non-hydrogen) atoms. The Hall–Kier alpha value is -3.48. The molecule has 2 heterocycles. The highest BCUT2D eigenvalue weighted by Gasteiger charge is 2.14. The molecule has 0 saturated carbocycles. The van der Waals surface area contributed by atoms with E-state index in [0.717, 1.165) is 0 Å². The Labute approximate surface area is 130 Å². The lowest BCUT2D eigenvalue weighted by Crippen LogP contribution is -2.11. The van der Waals surface area contributed by atoms with Crippen LogP contribution < -0.4 is 5.32 Å². The molecule has 0 aliphatic heterocycles. The largest absolute Gasteiger partial charge is 0.451 e. The zero-order valence-corrected chi connectivity index (χ0v) is 11.8. The average molecular weight is 309 g/mol. The number of nitro groups is 1. The Morgan fingerprint density at radius 1 is 1.13 bits per heavy atom. The van der Waals surface area contributed by atoms with E-state index in [9.17, 15) is 14.9 Å². The highest BCUT2D eigenvalue weighted by atomic mass is 16.6. The van der Waals surface area contributed by atoms with Crippen molar-refractivity contribution >= 4 is 17.4 Å². The fourth-order valence-electron chi connectivity index (χ4n) is 2.00. The summed E-state index contributed by atoms with van der Waals surface area (Å²) in [5.41, 5.74) is 0.481. The second kappa shape index (κ2) is 6.10. The van der Waals surface area contributed by atoms with Crippen LogP contribution in [-0.4, -0.2) is 15.8 Å².